The van der Waals surface area contributed by atoms with Crippen molar-refractivity contribution in [1.29, 1.82) is 0 Å². The first-order valence-corrected chi connectivity index (χ1v) is 13.9. The number of hydrogen-bond acceptors (Lipinski definition) is 9. The van der Waals surface area contributed by atoms with Crippen molar-refractivity contribution in [3.63, 3.8) is 0 Å². The zero-order valence-electron chi connectivity index (χ0n) is 26.2. The van der Waals surface area contributed by atoms with Crippen molar-refractivity contribution in [3.8, 4) is 0 Å². The highest BCUT2D eigenvalue weighted by Gasteiger charge is 2.31. The first kappa shape index (κ1) is 37.7. The highest BCUT2D eigenvalue weighted by atomic mass is 16.6. The van der Waals surface area contributed by atoms with Gasteiger partial charge in [-0.25, -0.2) is 14.4 Å². The van der Waals surface area contributed by atoms with Crippen molar-refractivity contribution in [2.75, 3.05) is 26.2 Å². The van der Waals surface area contributed by atoms with E-state index in [-0.39, 0.29) is 32.0 Å². The van der Waals surface area contributed by atoms with Crippen molar-refractivity contribution in [3.05, 3.63) is 0 Å². The Morgan fingerprint density at radius 1 is 0.683 bits per heavy atom. The maximum atomic E-state index is 12.9. The molecule has 0 radical (unpaired) electrons. The molecule has 0 aromatic heterocycles. The van der Waals surface area contributed by atoms with Gasteiger partial charge in [0.2, 0.25) is 11.8 Å². The molecule has 238 valence electrons. The zero-order valence-corrected chi connectivity index (χ0v) is 26.2. The number of alkyl carbamates (subject to hydrolysis) is 2. The molecule has 5 amide bonds. The third-order valence-electron chi connectivity index (χ3n) is 5.00. The highest BCUT2D eigenvalue weighted by molar-refractivity contribution is 5.84. The summed E-state index contributed by atoms with van der Waals surface area (Å²) in [4.78, 5) is 62.4. The lowest BCUT2D eigenvalue weighted by Crippen LogP contribution is -2.52. The van der Waals surface area contributed by atoms with Crippen LogP contribution in [-0.2, 0) is 23.8 Å². The van der Waals surface area contributed by atoms with Crippen molar-refractivity contribution in [2.45, 2.75) is 117 Å². The van der Waals surface area contributed by atoms with Gasteiger partial charge in [0.15, 0.2) is 0 Å². The minimum absolute atomic E-state index is 0.00763. The maximum absolute atomic E-state index is 12.9. The van der Waals surface area contributed by atoms with Gasteiger partial charge in [0.05, 0.1) is 6.04 Å². The van der Waals surface area contributed by atoms with Gasteiger partial charge in [-0.1, -0.05) is 0 Å². The molecule has 14 nitrogen and oxygen atoms in total. The average Bonchev–Trinajstić information content (AvgIpc) is 2.76. The number of nitrogens with zero attached hydrogens (tertiary/aromatic N) is 1. The quantitative estimate of drug-likeness (QED) is 0.149. The summed E-state index contributed by atoms with van der Waals surface area (Å²) in [6.45, 7) is 15.9. The lowest BCUT2D eigenvalue weighted by Gasteiger charge is -2.32. The molecule has 0 unspecified atom stereocenters. The van der Waals surface area contributed by atoms with Crippen LogP contribution in [0.1, 0.15) is 88.0 Å². The predicted octanol–water partition coefficient (Wildman–Crippen LogP) is 2.13. The predicted molar refractivity (Wildman–Crippen MR) is 154 cm³/mol. The maximum Gasteiger partial charge on any atom is 0.411 e. The van der Waals surface area contributed by atoms with E-state index < -0.39 is 53.1 Å². The molecular formula is C27H52N6O8. The Morgan fingerprint density at radius 3 is 1.59 bits per heavy atom. The summed E-state index contributed by atoms with van der Waals surface area (Å²) in [6, 6.07) is -1.84. The number of ether oxygens (including phenoxy) is 3. The van der Waals surface area contributed by atoms with Crippen LogP contribution in [0.25, 0.3) is 0 Å². The summed E-state index contributed by atoms with van der Waals surface area (Å²) in [5.41, 5.74) is 9.43. The van der Waals surface area contributed by atoms with Crippen LogP contribution in [-0.4, -0.2) is 90.1 Å². The summed E-state index contributed by atoms with van der Waals surface area (Å²) in [5.74, 6) is -1.14. The summed E-state index contributed by atoms with van der Waals surface area (Å²) < 4.78 is 15.8. The minimum Gasteiger partial charge on any atom is -0.444 e. The fraction of sp³-hybridized carbons (Fsp3) is 0.815. The number of carbonyl (C=O) groups is 5. The number of amides is 5. The standard InChI is InChI=1S/C27H52N6O8/c1-25(2,3)39-22(36)31-15-10-12-18(28)21(35)30-14-11-13-19(20(29)34)33(24(38)41-27(7,8)9)17-16-32-23(37)40-26(4,5)6/h18-19H,10-17,28H2,1-9H3,(H2,29,34)(H,30,35)(H,31,36)(H,32,37)/t18-,19+/m1/s1. The van der Waals surface area contributed by atoms with Crippen molar-refractivity contribution in [2.24, 2.45) is 11.5 Å². The number of rotatable bonds is 14. The number of hydrogen-bond donors (Lipinski definition) is 5. The van der Waals surface area contributed by atoms with Crippen LogP contribution in [0, 0.1) is 0 Å². The van der Waals surface area contributed by atoms with Gasteiger partial charge in [-0.3, -0.25) is 14.5 Å². The smallest absolute Gasteiger partial charge is 0.411 e. The Hall–Kier alpha value is -3.29. The van der Waals surface area contributed by atoms with Gasteiger partial charge in [-0.15, -0.1) is 0 Å². The topological polar surface area (TPSA) is 204 Å². The SMILES string of the molecule is CC(C)(C)OC(=O)NCCC[C@@H](N)C(=O)NCCC[C@@H](C(N)=O)N(CCNC(=O)OC(C)(C)C)C(=O)OC(C)(C)C. The van der Waals surface area contributed by atoms with E-state index >= 15 is 0 Å². The first-order valence-electron chi connectivity index (χ1n) is 13.9. The molecule has 0 aromatic rings. The van der Waals surface area contributed by atoms with Crippen LogP contribution < -0.4 is 27.4 Å². The van der Waals surface area contributed by atoms with Crippen molar-refractivity contribution >= 4 is 30.1 Å². The Bertz CT molecular complexity index is 877. The molecule has 0 aliphatic rings. The van der Waals surface area contributed by atoms with Crippen LogP contribution in [0.5, 0.6) is 0 Å². The van der Waals surface area contributed by atoms with E-state index in [1.807, 2.05) is 0 Å². The molecular weight excluding hydrogens is 536 g/mol. The molecule has 0 bridgehead atoms. The molecule has 7 N–H and O–H groups in total. The van der Waals surface area contributed by atoms with Crippen molar-refractivity contribution < 1.29 is 38.2 Å². The molecule has 0 heterocycles. The second kappa shape index (κ2) is 16.8. The molecule has 14 heteroatoms. The van der Waals surface area contributed by atoms with E-state index in [2.05, 4.69) is 16.0 Å². The Labute approximate surface area is 243 Å². The molecule has 0 aliphatic carbocycles. The molecule has 0 aliphatic heterocycles. The number of nitrogens with one attached hydrogen (secondary N) is 3. The van der Waals surface area contributed by atoms with Gasteiger partial charge in [-0.2, -0.15) is 0 Å². The van der Waals surface area contributed by atoms with Gasteiger partial charge >= 0.3 is 18.3 Å². The third-order valence-corrected chi connectivity index (χ3v) is 5.00. The molecule has 0 spiro atoms. The molecule has 0 aromatic carbocycles. The lowest BCUT2D eigenvalue weighted by molar-refractivity contribution is -0.123. The Balaban J connectivity index is 4.89. The number of nitrogens with two attached hydrogens (primary N) is 2. The molecule has 0 saturated heterocycles. The van der Waals surface area contributed by atoms with Gasteiger partial charge in [0.25, 0.3) is 0 Å². The van der Waals surface area contributed by atoms with E-state index in [0.29, 0.717) is 25.8 Å². The second-order valence-corrected chi connectivity index (χ2v) is 12.6. The Morgan fingerprint density at radius 2 is 1.12 bits per heavy atom. The molecule has 0 fully saturated rings. The molecule has 41 heavy (non-hydrogen) atoms. The van der Waals surface area contributed by atoms with Crippen LogP contribution in [0.15, 0.2) is 0 Å². The van der Waals surface area contributed by atoms with E-state index in [9.17, 15) is 24.0 Å². The van der Waals surface area contributed by atoms with Crippen LogP contribution in [0.4, 0.5) is 14.4 Å². The van der Waals surface area contributed by atoms with Gasteiger partial charge in [0.1, 0.15) is 22.8 Å². The first-order chi connectivity index (χ1) is 18.6. The molecule has 0 rings (SSSR count). The minimum atomic E-state index is -1.05. The van der Waals surface area contributed by atoms with E-state index in [0.717, 1.165) is 4.90 Å². The summed E-state index contributed by atoms with van der Waals surface area (Å²) >= 11 is 0. The highest BCUT2D eigenvalue weighted by Crippen LogP contribution is 2.15. The fourth-order valence-corrected chi connectivity index (χ4v) is 3.33. The largest absolute Gasteiger partial charge is 0.444 e. The summed E-state index contributed by atoms with van der Waals surface area (Å²) in [5, 5.41) is 7.86. The fourth-order valence-electron chi connectivity index (χ4n) is 3.33. The van der Waals surface area contributed by atoms with Crippen LogP contribution in [0.2, 0.25) is 0 Å². The Kier molecular flexibility index (Phi) is 15.5. The van der Waals surface area contributed by atoms with Gasteiger partial charge in [0, 0.05) is 26.2 Å². The number of carbonyl (C=O) groups excluding carboxylic acids is 5. The van der Waals surface area contributed by atoms with Gasteiger partial charge < -0.3 is 41.6 Å². The molecule has 2 atom stereocenters. The van der Waals surface area contributed by atoms with Crippen molar-refractivity contribution in [1.82, 2.24) is 20.9 Å². The summed E-state index contributed by atoms with van der Waals surface area (Å²) in [6.07, 6.45) is -0.722. The van der Waals surface area contributed by atoms with Gasteiger partial charge in [-0.05, 0) is 88.0 Å². The van der Waals surface area contributed by atoms with Crippen LogP contribution >= 0.6 is 0 Å². The van der Waals surface area contributed by atoms with Crippen LogP contribution in [0.3, 0.4) is 0 Å². The average molecular weight is 589 g/mol. The molecule has 0 saturated carbocycles. The monoisotopic (exact) mass is 588 g/mol. The number of primary amides is 1. The van der Waals surface area contributed by atoms with E-state index in [4.69, 9.17) is 25.7 Å². The second-order valence-electron chi connectivity index (χ2n) is 12.6. The summed E-state index contributed by atoms with van der Waals surface area (Å²) in [7, 11) is 0. The van der Waals surface area contributed by atoms with E-state index in [1.165, 1.54) is 0 Å². The zero-order chi connectivity index (χ0) is 32.0. The lowest BCUT2D eigenvalue weighted by atomic mass is 10.1. The third kappa shape index (κ3) is 19.4. The normalized spacial score (nSPS) is 13.3. The van der Waals surface area contributed by atoms with E-state index in [1.54, 1.807) is 62.3 Å².